The first kappa shape index (κ1) is 17.2. The number of carboxylic acids is 1. The van der Waals surface area contributed by atoms with Crippen molar-refractivity contribution in [2.24, 2.45) is 0 Å². The van der Waals surface area contributed by atoms with E-state index in [0.717, 1.165) is 6.07 Å². The Labute approximate surface area is 127 Å². The lowest BCUT2D eigenvalue weighted by atomic mass is 10.2. The molecule has 1 amide bonds. The van der Waals surface area contributed by atoms with Gasteiger partial charge in [-0.2, -0.15) is 0 Å². The number of sulfone groups is 1. The van der Waals surface area contributed by atoms with Crippen LogP contribution in [0.3, 0.4) is 0 Å². The number of amides is 1. The van der Waals surface area contributed by atoms with E-state index in [0.29, 0.717) is 0 Å². The first-order valence-corrected chi connectivity index (χ1v) is 7.79. The van der Waals surface area contributed by atoms with Crippen LogP contribution in [0.25, 0.3) is 0 Å². The van der Waals surface area contributed by atoms with E-state index < -0.39 is 27.0 Å². The zero-order chi connectivity index (χ0) is 16.2. The van der Waals surface area contributed by atoms with Crippen LogP contribution in [0.4, 0.5) is 0 Å². The molecule has 0 aliphatic carbocycles. The number of rotatable bonds is 6. The Bertz CT molecular complexity index is 684. The van der Waals surface area contributed by atoms with E-state index in [1.807, 2.05) is 0 Å². The predicted octanol–water partition coefficient (Wildman–Crippen LogP) is 1.50. The van der Waals surface area contributed by atoms with Crippen molar-refractivity contribution in [1.29, 1.82) is 0 Å². The fourth-order valence-corrected chi connectivity index (χ4v) is 3.32. The van der Waals surface area contributed by atoms with Crippen molar-refractivity contribution in [2.45, 2.75) is 17.1 Å². The molecule has 21 heavy (non-hydrogen) atoms. The van der Waals surface area contributed by atoms with Crippen molar-refractivity contribution < 1.29 is 23.1 Å². The van der Waals surface area contributed by atoms with Gasteiger partial charge in [-0.15, -0.1) is 6.58 Å². The van der Waals surface area contributed by atoms with Gasteiger partial charge >= 0.3 is 5.97 Å². The molecule has 0 heterocycles. The maximum Gasteiger partial charge on any atom is 0.335 e. The largest absolute Gasteiger partial charge is 0.478 e. The highest BCUT2D eigenvalue weighted by Gasteiger charge is 2.31. The quantitative estimate of drug-likeness (QED) is 0.769. The average Bonchev–Trinajstić information content (AvgIpc) is 2.43. The van der Waals surface area contributed by atoms with Crippen molar-refractivity contribution >= 4 is 33.3 Å². The first-order valence-electron chi connectivity index (χ1n) is 5.87. The maximum atomic E-state index is 12.4. The van der Waals surface area contributed by atoms with Gasteiger partial charge in [0.15, 0.2) is 9.84 Å². The number of benzene rings is 1. The number of hydrogen-bond donors (Lipinski definition) is 2. The normalized spacial score (nSPS) is 12.5. The highest BCUT2D eigenvalue weighted by Crippen LogP contribution is 2.26. The third-order valence-corrected chi connectivity index (χ3v) is 5.28. The van der Waals surface area contributed by atoms with E-state index in [2.05, 4.69) is 11.9 Å². The van der Waals surface area contributed by atoms with E-state index >= 15 is 0 Å². The van der Waals surface area contributed by atoms with Gasteiger partial charge in [-0.1, -0.05) is 17.7 Å². The molecule has 1 aromatic rings. The number of carbonyl (C=O) groups is 2. The van der Waals surface area contributed by atoms with Crippen molar-refractivity contribution in [1.82, 2.24) is 5.32 Å². The van der Waals surface area contributed by atoms with Gasteiger partial charge in [0, 0.05) is 6.54 Å². The van der Waals surface area contributed by atoms with Gasteiger partial charge in [0.25, 0.3) is 0 Å². The van der Waals surface area contributed by atoms with Crippen molar-refractivity contribution in [3.05, 3.63) is 41.4 Å². The number of halogens is 1. The fourth-order valence-electron chi connectivity index (χ4n) is 1.50. The minimum atomic E-state index is -4.10. The van der Waals surface area contributed by atoms with Crippen LogP contribution in [0.5, 0.6) is 0 Å². The maximum absolute atomic E-state index is 12.4. The van der Waals surface area contributed by atoms with Crippen molar-refractivity contribution in [2.75, 3.05) is 6.54 Å². The summed E-state index contributed by atoms with van der Waals surface area (Å²) in [6.07, 6.45) is 1.41. The first-order chi connectivity index (χ1) is 9.71. The van der Waals surface area contributed by atoms with E-state index in [-0.39, 0.29) is 22.0 Å². The molecule has 0 bridgehead atoms. The summed E-state index contributed by atoms with van der Waals surface area (Å²) in [6.45, 7) is 4.74. The van der Waals surface area contributed by atoms with E-state index in [1.165, 1.54) is 25.1 Å². The lowest BCUT2D eigenvalue weighted by Gasteiger charge is -2.14. The van der Waals surface area contributed by atoms with Gasteiger partial charge in [0.05, 0.1) is 15.5 Å². The number of nitrogens with one attached hydrogen (secondary N) is 1. The topological polar surface area (TPSA) is 101 Å². The molecule has 0 aromatic heterocycles. The van der Waals surface area contributed by atoms with Gasteiger partial charge in [-0.25, -0.2) is 13.2 Å². The SMILES string of the molecule is C=CCNC(=O)C(C)S(=O)(=O)c1cc(C(=O)O)ccc1Cl. The predicted molar refractivity (Wildman–Crippen MR) is 78.3 cm³/mol. The molecule has 1 unspecified atom stereocenters. The second-order valence-electron chi connectivity index (χ2n) is 4.17. The van der Waals surface area contributed by atoms with Gasteiger partial charge in [0.2, 0.25) is 5.91 Å². The molecule has 1 atom stereocenters. The molecule has 8 heteroatoms. The highest BCUT2D eigenvalue weighted by molar-refractivity contribution is 7.92. The number of hydrogen-bond acceptors (Lipinski definition) is 4. The zero-order valence-corrected chi connectivity index (χ0v) is 12.7. The van der Waals surface area contributed by atoms with Gasteiger partial charge in [-0.05, 0) is 25.1 Å². The van der Waals surface area contributed by atoms with Crippen LogP contribution in [0.1, 0.15) is 17.3 Å². The molecule has 2 N–H and O–H groups in total. The zero-order valence-electron chi connectivity index (χ0n) is 11.2. The summed E-state index contributed by atoms with van der Waals surface area (Å²) >= 11 is 5.82. The Morgan fingerprint density at radius 3 is 2.62 bits per heavy atom. The average molecular weight is 332 g/mol. The summed E-state index contributed by atoms with van der Waals surface area (Å²) in [7, 11) is -4.10. The van der Waals surface area contributed by atoms with Crippen LogP contribution < -0.4 is 5.32 Å². The van der Waals surface area contributed by atoms with Crippen LogP contribution >= 0.6 is 11.6 Å². The van der Waals surface area contributed by atoms with Crippen LogP contribution in [0, 0.1) is 0 Å². The molecule has 1 rings (SSSR count). The second kappa shape index (κ2) is 6.73. The molecule has 0 radical (unpaired) electrons. The summed E-state index contributed by atoms with van der Waals surface area (Å²) in [5.41, 5.74) is -0.225. The Balaban J connectivity index is 3.24. The molecule has 0 aliphatic heterocycles. The summed E-state index contributed by atoms with van der Waals surface area (Å²) in [5.74, 6) is -2.00. The van der Waals surface area contributed by atoms with Crippen LogP contribution in [-0.2, 0) is 14.6 Å². The molecule has 1 aromatic carbocycles. The molecule has 114 valence electrons. The Morgan fingerprint density at radius 1 is 1.48 bits per heavy atom. The second-order valence-corrected chi connectivity index (χ2v) is 6.82. The van der Waals surface area contributed by atoms with E-state index in [1.54, 1.807) is 0 Å². The monoisotopic (exact) mass is 331 g/mol. The van der Waals surface area contributed by atoms with Crippen LogP contribution in [-0.4, -0.2) is 37.2 Å². The third kappa shape index (κ3) is 3.83. The minimum absolute atomic E-state index is 0.127. The lowest BCUT2D eigenvalue weighted by Crippen LogP contribution is -2.38. The number of carbonyl (C=O) groups excluding carboxylic acids is 1. The Kier molecular flexibility index (Phi) is 5.51. The van der Waals surface area contributed by atoms with Crippen molar-refractivity contribution in [3.8, 4) is 0 Å². The molecular formula is C13H14ClNO5S. The fraction of sp³-hybridized carbons (Fsp3) is 0.231. The molecule has 6 nitrogen and oxygen atoms in total. The van der Waals surface area contributed by atoms with E-state index in [9.17, 15) is 18.0 Å². The number of aromatic carboxylic acids is 1. The van der Waals surface area contributed by atoms with Gasteiger partial charge < -0.3 is 10.4 Å². The number of carboxylic acid groups (broad SMARTS) is 1. The molecule has 0 spiro atoms. The molecule has 0 saturated heterocycles. The molecule has 0 saturated carbocycles. The molecule has 0 aliphatic rings. The third-order valence-electron chi connectivity index (χ3n) is 2.74. The Morgan fingerprint density at radius 2 is 2.10 bits per heavy atom. The summed E-state index contributed by atoms with van der Waals surface area (Å²) in [6, 6.07) is 3.30. The Hall–Kier alpha value is -1.86. The summed E-state index contributed by atoms with van der Waals surface area (Å²) in [5, 5.41) is 9.73. The standard InChI is InChI=1S/C13H14ClNO5S/c1-3-6-15-12(16)8(2)21(19,20)11-7-9(13(17)18)4-5-10(11)14/h3-5,7-8H,1,6H2,2H3,(H,15,16)(H,17,18). The summed E-state index contributed by atoms with van der Waals surface area (Å²) in [4.78, 5) is 22.3. The summed E-state index contributed by atoms with van der Waals surface area (Å²) < 4.78 is 24.7. The van der Waals surface area contributed by atoms with Gasteiger partial charge in [0.1, 0.15) is 5.25 Å². The molecule has 0 fully saturated rings. The highest BCUT2D eigenvalue weighted by atomic mass is 35.5. The minimum Gasteiger partial charge on any atom is -0.478 e. The molecular weight excluding hydrogens is 318 g/mol. The van der Waals surface area contributed by atoms with Gasteiger partial charge in [-0.3, -0.25) is 4.79 Å². The smallest absolute Gasteiger partial charge is 0.335 e. The van der Waals surface area contributed by atoms with Crippen LogP contribution in [0.15, 0.2) is 35.7 Å². The van der Waals surface area contributed by atoms with E-state index in [4.69, 9.17) is 16.7 Å². The van der Waals surface area contributed by atoms with Crippen molar-refractivity contribution in [3.63, 3.8) is 0 Å². The lowest BCUT2D eigenvalue weighted by molar-refractivity contribution is -0.120. The van der Waals surface area contributed by atoms with Crippen LogP contribution in [0.2, 0.25) is 5.02 Å².